The van der Waals surface area contributed by atoms with Crippen molar-refractivity contribution in [1.82, 2.24) is 4.90 Å². The van der Waals surface area contributed by atoms with E-state index < -0.39 is 0 Å². The molecule has 0 radical (unpaired) electrons. The first-order chi connectivity index (χ1) is 9.49. The number of likely N-dealkylation sites (tertiary alicyclic amines) is 1. The molecule has 108 valence electrons. The number of carbonyl (C=O) groups excluding carboxylic acids is 1. The molecule has 0 aromatic heterocycles. The molecule has 0 spiro atoms. The Bertz CT molecular complexity index is 518. The van der Waals surface area contributed by atoms with E-state index in [1.807, 2.05) is 0 Å². The van der Waals surface area contributed by atoms with Crippen LogP contribution in [0, 0.1) is 16.0 Å². The lowest BCUT2D eigenvalue weighted by Crippen LogP contribution is -2.45. The van der Waals surface area contributed by atoms with Crippen LogP contribution in [0.4, 0.5) is 5.69 Å². The van der Waals surface area contributed by atoms with Crippen LogP contribution >= 0.6 is 0 Å². The summed E-state index contributed by atoms with van der Waals surface area (Å²) in [6.45, 7) is 3.12. The minimum atomic E-state index is -0.366. The summed E-state index contributed by atoms with van der Waals surface area (Å²) < 4.78 is 0. The fraction of sp³-hybridized carbons (Fsp3) is 0.500. The van der Waals surface area contributed by atoms with Gasteiger partial charge in [-0.15, -0.1) is 0 Å². The van der Waals surface area contributed by atoms with Gasteiger partial charge in [0.1, 0.15) is 0 Å². The molecule has 1 fully saturated rings. The summed E-state index contributed by atoms with van der Waals surface area (Å²) in [5.74, 6) is -0.446. The Kier molecular flexibility index (Phi) is 4.34. The molecule has 0 bridgehead atoms. The molecule has 0 saturated carbocycles. The third kappa shape index (κ3) is 3.14. The fourth-order valence-electron chi connectivity index (χ4n) is 2.67. The molecule has 1 aromatic carbocycles. The second-order valence-corrected chi connectivity index (χ2v) is 5.34. The SMILES string of the molecule is C[C@H]1CC[C@H](C(N)=O)CN1Cc1ccccc1[N+](=O)[O-]. The molecule has 1 aliphatic rings. The average molecular weight is 277 g/mol. The van der Waals surface area contributed by atoms with Crippen LogP contribution in [0.5, 0.6) is 0 Å². The van der Waals surface area contributed by atoms with Crippen LogP contribution in [0.25, 0.3) is 0 Å². The molecule has 20 heavy (non-hydrogen) atoms. The van der Waals surface area contributed by atoms with Gasteiger partial charge in [-0.25, -0.2) is 0 Å². The summed E-state index contributed by atoms with van der Waals surface area (Å²) in [6.07, 6.45) is 1.68. The number of nitro benzene ring substituents is 1. The standard InChI is InChI=1S/C14H19N3O3/c1-10-6-7-12(14(15)18)9-16(10)8-11-4-2-3-5-13(11)17(19)20/h2-5,10,12H,6-9H2,1H3,(H2,15,18)/t10-,12-/m0/s1. The quantitative estimate of drug-likeness (QED) is 0.669. The number of piperidine rings is 1. The zero-order chi connectivity index (χ0) is 14.7. The van der Waals surface area contributed by atoms with Gasteiger partial charge in [-0.2, -0.15) is 0 Å². The number of hydrogen-bond acceptors (Lipinski definition) is 4. The molecule has 2 atom stereocenters. The Morgan fingerprint density at radius 3 is 2.80 bits per heavy atom. The molecule has 1 amide bonds. The van der Waals surface area contributed by atoms with Crippen molar-refractivity contribution in [3.63, 3.8) is 0 Å². The van der Waals surface area contributed by atoms with Gasteiger partial charge >= 0.3 is 0 Å². The largest absolute Gasteiger partial charge is 0.369 e. The molecular weight excluding hydrogens is 258 g/mol. The number of para-hydroxylation sites is 1. The van der Waals surface area contributed by atoms with Gasteiger partial charge in [0.25, 0.3) is 5.69 Å². The summed E-state index contributed by atoms with van der Waals surface area (Å²) in [6, 6.07) is 7.02. The third-order valence-corrected chi connectivity index (χ3v) is 3.98. The van der Waals surface area contributed by atoms with Crippen molar-refractivity contribution < 1.29 is 9.72 Å². The topological polar surface area (TPSA) is 89.5 Å². The van der Waals surface area contributed by atoms with Gasteiger partial charge in [0, 0.05) is 30.8 Å². The number of nitro groups is 1. The van der Waals surface area contributed by atoms with Crippen molar-refractivity contribution in [2.24, 2.45) is 11.7 Å². The maximum Gasteiger partial charge on any atom is 0.273 e. The van der Waals surface area contributed by atoms with E-state index in [2.05, 4.69) is 11.8 Å². The predicted octanol–water partition coefficient (Wildman–Crippen LogP) is 1.68. The number of primary amides is 1. The smallest absolute Gasteiger partial charge is 0.273 e. The molecule has 1 heterocycles. The Hall–Kier alpha value is -1.95. The Balaban J connectivity index is 2.16. The lowest BCUT2D eigenvalue weighted by Gasteiger charge is -2.36. The molecule has 0 unspecified atom stereocenters. The van der Waals surface area contributed by atoms with E-state index in [1.54, 1.807) is 18.2 Å². The normalized spacial score (nSPS) is 23.4. The zero-order valence-corrected chi connectivity index (χ0v) is 11.5. The summed E-state index contributed by atoms with van der Waals surface area (Å²) >= 11 is 0. The summed E-state index contributed by atoms with van der Waals surface area (Å²) in [4.78, 5) is 24.1. The minimum absolute atomic E-state index is 0.126. The van der Waals surface area contributed by atoms with Gasteiger partial charge in [0.05, 0.1) is 10.8 Å². The second-order valence-electron chi connectivity index (χ2n) is 5.34. The van der Waals surface area contributed by atoms with E-state index in [-0.39, 0.29) is 22.4 Å². The predicted molar refractivity (Wildman–Crippen MR) is 74.9 cm³/mol. The number of nitrogens with zero attached hydrogens (tertiary/aromatic N) is 2. The third-order valence-electron chi connectivity index (χ3n) is 3.98. The van der Waals surface area contributed by atoms with E-state index in [0.717, 1.165) is 12.8 Å². The maximum atomic E-state index is 11.3. The molecule has 2 rings (SSSR count). The summed E-state index contributed by atoms with van der Waals surface area (Å²) in [7, 11) is 0. The van der Waals surface area contributed by atoms with Crippen LogP contribution in [0.15, 0.2) is 24.3 Å². The van der Waals surface area contributed by atoms with Crippen molar-refractivity contribution in [3.8, 4) is 0 Å². The summed E-state index contributed by atoms with van der Waals surface area (Å²) in [5, 5.41) is 11.0. The van der Waals surface area contributed by atoms with E-state index in [1.165, 1.54) is 6.07 Å². The first kappa shape index (κ1) is 14.5. The molecule has 1 saturated heterocycles. The maximum absolute atomic E-state index is 11.3. The van der Waals surface area contributed by atoms with Gasteiger partial charge < -0.3 is 5.73 Å². The van der Waals surface area contributed by atoms with Gasteiger partial charge in [-0.1, -0.05) is 18.2 Å². The van der Waals surface area contributed by atoms with Gasteiger partial charge in [0.2, 0.25) is 5.91 Å². The number of hydrogen-bond donors (Lipinski definition) is 1. The molecule has 1 aliphatic heterocycles. The highest BCUT2D eigenvalue weighted by Gasteiger charge is 2.29. The Morgan fingerprint density at radius 2 is 2.15 bits per heavy atom. The van der Waals surface area contributed by atoms with Gasteiger partial charge in [0.15, 0.2) is 0 Å². The highest BCUT2D eigenvalue weighted by molar-refractivity contribution is 5.77. The van der Waals surface area contributed by atoms with Crippen LogP contribution in [0.1, 0.15) is 25.3 Å². The van der Waals surface area contributed by atoms with Crippen LogP contribution in [-0.2, 0) is 11.3 Å². The number of benzene rings is 1. The van der Waals surface area contributed by atoms with Crippen molar-refractivity contribution in [3.05, 3.63) is 39.9 Å². The molecule has 6 nitrogen and oxygen atoms in total. The van der Waals surface area contributed by atoms with Crippen LogP contribution in [-0.4, -0.2) is 28.3 Å². The first-order valence-corrected chi connectivity index (χ1v) is 6.74. The number of amides is 1. The second kappa shape index (κ2) is 6.00. The number of nitrogens with two attached hydrogens (primary N) is 1. The van der Waals surface area contributed by atoms with Crippen molar-refractivity contribution in [2.45, 2.75) is 32.4 Å². The number of rotatable bonds is 4. The van der Waals surface area contributed by atoms with Gasteiger partial charge in [-0.3, -0.25) is 19.8 Å². The average Bonchev–Trinajstić information content (AvgIpc) is 2.41. The van der Waals surface area contributed by atoms with Crippen molar-refractivity contribution >= 4 is 11.6 Å². The van der Waals surface area contributed by atoms with E-state index in [4.69, 9.17) is 5.73 Å². The van der Waals surface area contributed by atoms with Crippen molar-refractivity contribution in [1.29, 1.82) is 0 Å². The molecular formula is C14H19N3O3. The van der Waals surface area contributed by atoms with Crippen LogP contribution in [0.3, 0.4) is 0 Å². The van der Waals surface area contributed by atoms with E-state index in [9.17, 15) is 14.9 Å². The summed E-state index contributed by atoms with van der Waals surface area (Å²) in [5.41, 5.74) is 6.17. The molecule has 0 aliphatic carbocycles. The van der Waals surface area contributed by atoms with Crippen molar-refractivity contribution in [2.75, 3.05) is 6.54 Å². The number of carbonyl (C=O) groups is 1. The first-order valence-electron chi connectivity index (χ1n) is 6.74. The lowest BCUT2D eigenvalue weighted by atomic mass is 9.92. The van der Waals surface area contributed by atoms with Crippen LogP contribution in [0.2, 0.25) is 0 Å². The highest BCUT2D eigenvalue weighted by atomic mass is 16.6. The Labute approximate surface area is 117 Å². The van der Waals surface area contributed by atoms with Gasteiger partial charge in [-0.05, 0) is 19.8 Å². The molecule has 2 N–H and O–H groups in total. The Morgan fingerprint density at radius 1 is 1.45 bits per heavy atom. The highest BCUT2D eigenvalue weighted by Crippen LogP contribution is 2.26. The van der Waals surface area contributed by atoms with E-state index >= 15 is 0 Å². The zero-order valence-electron chi connectivity index (χ0n) is 11.5. The minimum Gasteiger partial charge on any atom is -0.369 e. The lowest BCUT2D eigenvalue weighted by molar-refractivity contribution is -0.385. The molecule has 1 aromatic rings. The molecule has 6 heteroatoms. The monoisotopic (exact) mass is 277 g/mol. The van der Waals surface area contributed by atoms with Crippen LogP contribution < -0.4 is 5.73 Å². The fourth-order valence-corrected chi connectivity index (χ4v) is 2.67. The van der Waals surface area contributed by atoms with E-state index in [0.29, 0.717) is 24.7 Å².